The van der Waals surface area contributed by atoms with Crippen LogP contribution in [0.25, 0.3) is 0 Å². The van der Waals surface area contributed by atoms with Gasteiger partial charge in [-0.1, -0.05) is 30.3 Å². The maximum Gasteiger partial charge on any atom is 0.287 e. The number of nitrogens with one attached hydrogen (secondary N) is 1. The number of amides is 2. The zero-order valence-electron chi connectivity index (χ0n) is 15.3. The maximum atomic E-state index is 13.0. The average Bonchev–Trinajstić information content (AvgIpc) is 3.28. The Hall–Kier alpha value is -2.86. The molecule has 2 heterocycles. The van der Waals surface area contributed by atoms with E-state index in [1.54, 1.807) is 12.1 Å². The lowest BCUT2D eigenvalue weighted by atomic mass is 10.1. The van der Waals surface area contributed by atoms with E-state index in [-0.39, 0.29) is 23.6 Å². The highest BCUT2D eigenvalue weighted by molar-refractivity contribution is 9.10. The second-order valence-corrected chi connectivity index (χ2v) is 7.63. The van der Waals surface area contributed by atoms with E-state index in [0.29, 0.717) is 16.8 Å². The molecule has 0 spiro atoms. The molecule has 1 aliphatic rings. The molecule has 2 amide bonds. The first-order valence-corrected chi connectivity index (χ1v) is 9.86. The van der Waals surface area contributed by atoms with Crippen molar-refractivity contribution in [1.29, 1.82) is 0 Å². The van der Waals surface area contributed by atoms with Gasteiger partial charge < -0.3 is 14.6 Å². The lowest BCUT2D eigenvalue weighted by molar-refractivity contribution is 0.0920. The Kier molecular flexibility index (Phi) is 5.05. The summed E-state index contributed by atoms with van der Waals surface area (Å²) in [6.45, 7) is 2.41. The minimum Gasteiger partial charge on any atom is -0.444 e. The number of hydrogen-bond donors (Lipinski definition) is 1. The largest absolute Gasteiger partial charge is 0.444 e. The average molecular weight is 439 g/mol. The lowest BCUT2D eigenvalue weighted by Crippen LogP contribution is -2.35. The van der Waals surface area contributed by atoms with Gasteiger partial charge in [0.2, 0.25) is 0 Å². The molecule has 0 saturated heterocycles. The summed E-state index contributed by atoms with van der Waals surface area (Å²) in [5.74, 6) is -0.0344. The fourth-order valence-electron chi connectivity index (χ4n) is 3.50. The molecular weight excluding hydrogens is 420 g/mol. The number of benzene rings is 2. The van der Waals surface area contributed by atoms with Gasteiger partial charge in [0, 0.05) is 23.8 Å². The normalized spacial score (nSPS) is 15.4. The van der Waals surface area contributed by atoms with E-state index < -0.39 is 0 Å². The third-order valence-corrected chi connectivity index (χ3v) is 5.28. The number of carbonyl (C=O) groups excluding carboxylic acids is 2. The standard InChI is InChI=1S/C22H19BrN2O3/c1-14-11-17-8-7-15(13-24-21(26)19-9-10-20(23)28-19)12-18(17)25(14)22(27)16-5-3-2-4-6-16/h2-10,12,14H,11,13H2,1H3,(H,24,26)/t14-/m0/s1. The maximum absolute atomic E-state index is 13.0. The van der Waals surface area contributed by atoms with Crippen molar-refractivity contribution in [2.75, 3.05) is 4.90 Å². The Morgan fingerprint density at radius 3 is 2.64 bits per heavy atom. The minimum atomic E-state index is -0.281. The first-order chi connectivity index (χ1) is 13.5. The van der Waals surface area contributed by atoms with E-state index in [0.717, 1.165) is 23.2 Å². The summed E-state index contributed by atoms with van der Waals surface area (Å²) in [7, 11) is 0. The van der Waals surface area contributed by atoms with Gasteiger partial charge in [0.05, 0.1) is 0 Å². The Morgan fingerprint density at radius 2 is 1.93 bits per heavy atom. The van der Waals surface area contributed by atoms with Gasteiger partial charge in [0.1, 0.15) is 0 Å². The molecule has 142 valence electrons. The van der Waals surface area contributed by atoms with Gasteiger partial charge in [-0.3, -0.25) is 9.59 Å². The van der Waals surface area contributed by atoms with Crippen LogP contribution < -0.4 is 10.2 Å². The van der Waals surface area contributed by atoms with E-state index in [1.165, 1.54) is 0 Å². The first-order valence-electron chi connectivity index (χ1n) is 9.07. The smallest absolute Gasteiger partial charge is 0.287 e. The van der Waals surface area contributed by atoms with Gasteiger partial charge in [-0.2, -0.15) is 0 Å². The van der Waals surface area contributed by atoms with E-state index in [1.807, 2.05) is 53.4 Å². The highest BCUT2D eigenvalue weighted by Gasteiger charge is 2.31. The Labute approximate surface area is 171 Å². The summed E-state index contributed by atoms with van der Waals surface area (Å²) in [6.07, 6.45) is 0.820. The number of carbonyl (C=O) groups is 2. The second-order valence-electron chi connectivity index (χ2n) is 6.84. The first kappa shape index (κ1) is 18.5. The van der Waals surface area contributed by atoms with Crippen molar-refractivity contribution in [3.8, 4) is 0 Å². The molecule has 6 heteroatoms. The van der Waals surface area contributed by atoms with Crippen LogP contribution in [0.4, 0.5) is 5.69 Å². The molecule has 0 fully saturated rings. The van der Waals surface area contributed by atoms with E-state index in [4.69, 9.17) is 4.42 Å². The summed E-state index contributed by atoms with van der Waals surface area (Å²) < 4.78 is 5.78. The summed E-state index contributed by atoms with van der Waals surface area (Å²) in [5.41, 5.74) is 3.65. The molecule has 5 nitrogen and oxygen atoms in total. The monoisotopic (exact) mass is 438 g/mol. The van der Waals surface area contributed by atoms with Crippen LogP contribution in [0, 0.1) is 0 Å². The molecule has 4 rings (SSSR count). The SMILES string of the molecule is C[C@H]1Cc2ccc(CNC(=O)c3ccc(Br)o3)cc2N1C(=O)c1ccccc1. The van der Waals surface area contributed by atoms with Crippen molar-refractivity contribution in [2.24, 2.45) is 0 Å². The molecular formula is C22H19BrN2O3. The summed E-state index contributed by atoms with van der Waals surface area (Å²) in [4.78, 5) is 27.1. The lowest BCUT2D eigenvalue weighted by Gasteiger charge is -2.23. The van der Waals surface area contributed by atoms with Crippen molar-refractivity contribution in [3.05, 3.63) is 87.8 Å². The molecule has 2 aromatic carbocycles. The Balaban J connectivity index is 1.53. The highest BCUT2D eigenvalue weighted by Crippen LogP contribution is 2.34. The predicted molar refractivity (Wildman–Crippen MR) is 110 cm³/mol. The number of fused-ring (bicyclic) bond motifs is 1. The topological polar surface area (TPSA) is 62.6 Å². The van der Waals surface area contributed by atoms with Crippen molar-refractivity contribution < 1.29 is 14.0 Å². The van der Waals surface area contributed by atoms with Crippen LogP contribution in [0.3, 0.4) is 0 Å². The molecule has 1 aromatic heterocycles. The van der Waals surface area contributed by atoms with Crippen molar-refractivity contribution in [3.63, 3.8) is 0 Å². The van der Waals surface area contributed by atoms with Gasteiger partial charge in [-0.05, 0) is 70.7 Å². The van der Waals surface area contributed by atoms with Crippen LogP contribution in [0.2, 0.25) is 0 Å². The van der Waals surface area contributed by atoms with Gasteiger partial charge in [0.15, 0.2) is 10.4 Å². The highest BCUT2D eigenvalue weighted by atomic mass is 79.9. The second kappa shape index (κ2) is 7.64. The van der Waals surface area contributed by atoms with Gasteiger partial charge >= 0.3 is 0 Å². The number of nitrogens with zero attached hydrogens (tertiary/aromatic N) is 1. The fourth-order valence-corrected chi connectivity index (χ4v) is 3.80. The zero-order valence-corrected chi connectivity index (χ0v) is 16.9. The van der Waals surface area contributed by atoms with Crippen LogP contribution in [0.1, 0.15) is 39.0 Å². The van der Waals surface area contributed by atoms with E-state index in [2.05, 4.69) is 28.2 Å². The molecule has 1 N–H and O–H groups in total. The molecule has 0 unspecified atom stereocenters. The fraction of sp³-hybridized carbons (Fsp3) is 0.182. The van der Waals surface area contributed by atoms with Crippen LogP contribution in [0.5, 0.6) is 0 Å². The van der Waals surface area contributed by atoms with Crippen molar-refractivity contribution in [2.45, 2.75) is 25.9 Å². The van der Waals surface area contributed by atoms with Crippen molar-refractivity contribution >= 4 is 33.4 Å². The van der Waals surface area contributed by atoms with Gasteiger partial charge in [0.25, 0.3) is 11.8 Å². The quantitative estimate of drug-likeness (QED) is 0.648. The molecule has 0 radical (unpaired) electrons. The molecule has 0 aliphatic carbocycles. The predicted octanol–water partition coefficient (Wildman–Crippen LogP) is 4.56. The summed E-state index contributed by atoms with van der Waals surface area (Å²) >= 11 is 3.19. The van der Waals surface area contributed by atoms with Crippen LogP contribution in [-0.4, -0.2) is 17.9 Å². The molecule has 28 heavy (non-hydrogen) atoms. The van der Waals surface area contributed by atoms with Crippen LogP contribution in [-0.2, 0) is 13.0 Å². The van der Waals surface area contributed by atoms with E-state index >= 15 is 0 Å². The summed E-state index contributed by atoms with van der Waals surface area (Å²) in [5, 5.41) is 2.85. The molecule has 1 atom stereocenters. The van der Waals surface area contributed by atoms with E-state index in [9.17, 15) is 9.59 Å². The number of rotatable bonds is 4. The molecule has 1 aliphatic heterocycles. The van der Waals surface area contributed by atoms with Crippen LogP contribution in [0.15, 0.2) is 69.8 Å². The Bertz CT molecular complexity index is 1030. The Morgan fingerprint density at radius 1 is 1.14 bits per heavy atom. The minimum absolute atomic E-state index is 0.00605. The zero-order chi connectivity index (χ0) is 19.7. The number of anilines is 1. The van der Waals surface area contributed by atoms with Crippen molar-refractivity contribution in [1.82, 2.24) is 5.32 Å². The third-order valence-electron chi connectivity index (χ3n) is 4.85. The molecule has 3 aromatic rings. The van der Waals surface area contributed by atoms with Gasteiger partial charge in [-0.25, -0.2) is 0 Å². The van der Waals surface area contributed by atoms with Crippen LogP contribution >= 0.6 is 15.9 Å². The summed E-state index contributed by atoms with van der Waals surface area (Å²) in [6, 6.07) is 18.7. The third kappa shape index (κ3) is 3.60. The number of hydrogen-bond acceptors (Lipinski definition) is 3. The molecule has 0 bridgehead atoms. The number of halogens is 1. The van der Waals surface area contributed by atoms with Gasteiger partial charge in [-0.15, -0.1) is 0 Å². The molecule has 0 saturated carbocycles. The number of furan rings is 1.